The van der Waals surface area contributed by atoms with E-state index < -0.39 is 0 Å². The van der Waals surface area contributed by atoms with Crippen molar-refractivity contribution in [2.75, 3.05) is 0 Å². The van der Waals surface area contributed by atoms with Crippen LogP contribution in [0.25, 0.3) is 10.2 Å². The molecule has 0 saturated heterocycles. The molecule has 1 aromatic carbocycles. The molecule has 3 aromatic rings. The van der Waals surface area contributed by atoms with E-state index in [0.717, 1.165) is 0 Å². The first kappa shape index (κ1) is 12.2. The van der Waals surface area contributed by atoms with Crippen LogP contribution in [0.15, 0.2) is 40.5 Å². The molecule has 0 amide bonds. The summed E-state index contributed by atoms with van der Waals surface area (Å²) in [6.45, 7) is 0.171. The number of halogens is 1. The number of nitrogens with zero attached hydrogens (tertiary/aromatic N) is 1. The second-order valence-electron chi connectivity index (χ2n) is 3.87. The zero-order valence-corrected chi connectivity index (χ0v) is 11.3. The lowest BCUT2D eigenvalue weighted by Crippen LogP contribution is -2.12. The van der Waals surface area contributed by atoms with Gasteiger partial charge in [0.05, 0.1) is 10.5 Å². The molecule has 0 radical (unpaired) electrons. The zero-order chi connectivity index (χ0) is 13.2. The molecule has 0 saturated carbocycles. The highest BCUT2D eigenvalue weighted by molar-refractivity contribution is 7.17. The third-order valence-electron chi connectivity index (χ3n) is 2.56. The van der Waals surface area contributed by atoms with Crippen LogP contribution >= 0.6 is 22.9 Å². The van der Waals surface area contributed by atoms with E-state index in [-0.39, 0.29) is 12.2 Å². The predicted molar refractivity (Wildman–Crippen MR) is 76.0 cm³/mol. The van der Waals surface area contributed by atoms with Crippen LogP contribution in [0.3, 0.4) is 0 Å². The van der Waals surface area contributed by atoms with Crippen LogP contribution in [0.2, 0.25) is 5.02 Å². The molecule has 19 heavy (non-hydrogen) atoms. The Morgan fingerprint density at radius 3 is 3.00 bits per heavy atom. The average Bonchev–Trinajstić information content (AvgIpc) is 2.87. The van der Waals surface area contributed by atoms with E-state index in [1.807, 2.05) is 23.6 Å². The number of para-hydroxylation sites is 1. The van der Waals surface area contributed by atoms with Gasteiger partial charge in [-0.05, 0) is 23.6 Å². The SMILES string of the molecule is O=c1[nH]c(COc2ccccc2Cl)nc2ccsc12. The van der Waals surface area contributed by atoms with E-state index in [2.05, 4.69) is 9.97 Å². The molecule has 2 aromatic heterocycles. The number of benzene rings is 1. The Morgan fingerprint density at radius 2 is 2.16 bits per heavy atom. The summed E-state index contributed by atoms with van der Waals surface area (Å²) in [6.07, 6.45) is 0. The van der Waals surface area contributed by atoms with Gasteiger partial charge in [-0.25, -0.2) is 4.98 Å². The van der Waals surface area contributed by atoms with Crippen molar-refractivity contribution in [3.05, 3.63) is 56.9 Å². The Balaban J connectivity index is 1.86. The average molecular weight is 293 g/mol. The number of rotatable bonds is 3. The normalized spacial score (nSPS) is 10.8. The van der Waals surface area contributed by atoms with Crippen LogP contribution in [0.5, 0.6) is 5.75 Å². The van der Waals surface area contributed by atoms with Crippen molar-refractivity contribution in [1.82, 2.24) is 9.97 Å². The summed E-state index contributed by atoms with van der Waals surface area (Å²) in [4.78, 5) is 18.8. The molecule has 4 nitrogen and oxygen atoms in total. The van der Waals surface area contributed by atoms with E-state index in [0.29, 0.717) is 26.8 Å². The minimum absolute atomic E-state index is 0.141. The van der Waals surface area contributed by atoms with Crippen molar-refractivity contribution in [3.8, 4) is 5.75 Å². The molecule has 0 aliphatic carbocycles. The van der Waals surface area contributed by atoms with E-state index in [1.165, 1.54) is 11.3 Å². The summed E-state index contributed by atoms with van der Waals surface area (Å²) >= 11 is 7.36. The van der Waals surface area contributed by atoms with Gasteiger partial charge in [0.25, 0.3) is 5.56 Å². The van der Waals surface area contributed by atoms with Crippen LogP contribution in [-0.4, -0.2) is 9.97 Å². The number of aromatic nitrogens is 2. The number of hydrogen-bond acceptors (Lipinski definition) is 4. The minimum atomic E-state index is -0.141. The second-order valence-corrected chi connectivity index (χ2v) is 5.19. The Bertz CT molecular complexity index is 781. The summed E-state index contributed by atoms with van der Waals surface area (Å²) in [5.41, 5.74) is 0.546. The predicted octanol–water partition coefficient (Wildman–Crippen LogP) is 3.22. The van der Waals surface area contributed by atoms with E-state index in [4.69, 9.17) is 16.3 Å². The molecule has 0 aliphatic rings. The van der Waals surface area contributed by atoms with Gasteiger partial charge in [-0.3, -0.25) is 4.79 Å². The van der Waals surface area contributed by atoms with Gasteiger partial charge in [0.2, 0.25) is 0 Å². The van der Waals surface area contributed by atoms with Gasteiger partial charge < -0.3 is 9.72 Å². The first-order valence-electron chi connectivity index (χ1n) is 5.58. The third kappa shape index (κ3) is 2.47. The highest BCUT2D eigenvalue weighted by Crippen LogP contribution is 2.23. The Labute approximate surface area is 117 Å². The number of nitrogens with one attached hydrogen (secondary N) is 1. The Hall–Kier alpha value is -1.85. The van der Waals surface area contributed by atoms with Crippen LogP contribution in [0.4, 0.5) is 0 Å². The van der Waals surface area contributed by atoms with Gasteiger partial charge in [0.15, 0.2) is 0 Å². The Kier molecular flexibility index (Phi) is 3.23. The number of fused-ring (bicyclic) bond motifs is 1. The van der Waals surface area contributed by atoms with E-state index >= 15 is 0 Å². The molecule has 2 heterocycles. The molecule has 6 heteroatoms. The van der Waals surface area contributed by atoms with Crippen molar-refractivity contribution in [1.29, 1.82) is 0 Å². The summed E-state index contributed by atoms with van der Waals surface area (Å²) in [5, 5.41) is 2.37. The maximum absolute atomic E-state index is 11.8. The topological polar surface area (TPSA) is 55.0 Å². The molecule has 96 valence electrons. The highest BCUT2D eigenvalue weighted by atomic mass is 35.5. The van der Waals surface area contributed by atoms with Crippen LogP contribution < -0.4 is 10.3 Å². The zero-order valence-electron chi connectivity index (χ0n) is 9.72. The number of ether oxygens (including phenoxy) is 1. The minimum Gasteiger partial charge on any atom is -0.484 e. The molecule has 0 bridgehead atoms. The lowest BCUT2D eigenvalue weighted by atomic mass is 10.3. The fourth-order valence-electron chi connectivity index (χ4n) is 1.70. The van der Waals surface area contributed by atoms with Gasteiger partial charge in [0, 0.05) is 0 Å². The van der Waals surface area contributed by atoms with Crippen molar-refractivity contribution in [3.63, 3.8) is 0 Å². The first-order chi connectivity index (χ1) is 9.24. The molecule has 0 atom stereocenters. The van der Waals surface area contributed by atoms with Crippen LogP contribution in [0, 0.1) is 0 Å². The first-order valence-corrected chi connectivity index (χ1v) is 6.83. The van der Waals surface area contributed by atoms with Crippen molar-refractivity contribution in [2.45, 2.75) is 6.61 Å². The van der Waals surface area contributed by atoms with Crippen molar-refractivity contribution >= 4 is 33.2 Å². The molecule has 3 rings (SSSR count). The molecule has 0 spiro atoms. The monoisotopic (exact) mass is 292 g/mol. The van der Waals surface area contributed by atoms with Gasteiger partial charge in [0.1, 0.15) is 22.9 Å². The lowest BCUT2D eigenvalue weighted by molar-refractivity contribution is 0.296. The van der Waals surface area contributed by atoms with Crippen molar-refractivity contribution in [2.24, 2.45) is 0 Å². The maximum atomic E-state index is 11.8. The number of hydrogen-bond donors (Lipinski definition) is 1. The number of aromatic amines is 1. The highest BCUT2D eigenvalue weighted by Gasteiger charge is 2.06. The largest absolute Gasteiger partial charge is 0.484 e. The molecular weight excluding hydrogens is 284 g/mol. The maximum Gasteiger partial charge on any atom is 0.268 e. The fourth-order valence-corrected chi connectivity index (χ4v) is 2.61. The van der Waals surface area contributed by atoms with Gasteiger partial charge in [-0.1, -0.05) is 23.7 Å². The fraction of sp³-hybridized carbons (Fsp3) is 0.0769. The number of H-pyrrole nitrogens is 1. The smallest absolute Gasteiger partial charge is 0.268 e. The van der Waals surface area contributed by atoms with E-state index in [9.17, 15) is 4.79 Å². The summed E-state index contributed by atoms with van der Waals surface area (Å²) < 4.78 is 6.17. The second kappa shape index (κ2) is 5.03. The van der Waals surface area contributed by atoms with Gasteiger partial charge >= 0.3 is 0 Å². The molecular formula is C13H9ClN2O2S. The molecule has 0 aliphatic heterocycles. The van der Waals surface area contributed by atoms with E-state index in [1.54, 1.807) is 12.1 Å². The molecule has 1 N–H and O–H groups in total. The van der Waals surface area contributed by atoms with Crippen LogP contribution in [-0.2, 0) is 6.61 Å². The Morgan fingerprint density at radius 1 is 1.32 bits per heavy atom. The standard InChI is InChI=1S/C13H9ClN2O2S/c14-8-3-1-2-4-10(8)18-7-11-15-9-5-6-19-12(9)13(17)16-11/h1-6H,7H2,(H,15,16,17). The van der Waals surface area contributed by atoms with Crippen LogP contribution in [0.1, 0.15) is 5.82 Å². The lowest BCUT2D eigenvalue weighted by Gasteiger charge is -2.06. The summed E-state index contributed by atoms with van der Waals surface area (Å²) in [7, 11) is 0. The van der Waals surface area contributed by atoms with Crippen molar-refractivity contribution < 1.29 is 4.74 Å². The summed E-state index contributed by atoms with van der Waals surface area (Å²) in [5.74, 6) is 1.05. The van der Waals surface area contributed by atoms with Gasteiger partial charge in [-0.15, -0.1) is 11.3 Å². The molecule has 0 fully saturated rings. The number of thiophene rings is 1. The summed E-state index contributed by atoms with van der Waals surface area (Å²) in [6, 6.07) is 8.99. The molecule has 0 unspecified atom stereocenters. The quantitative estimate of drug-likeness (QED) is 0.806. The van der Waals surface area contributed by atoms with Gasteiger partial charge in [-0.2, -0.15) is 0 Å². The third-order valence-corrected chi connectivity index (χ3v) is 3.78.